The van der Waals surface area contributed by atoms with Crippen LogP contribution in [-0.4, -0.2) is 26.9 Å². The topological polar surface area (TPSA) is 78.3 Å². The maximum absolute atomic E-state index is 6.14. The highest BCUT2D eigenvalue weighted by atomic mass is 16.6. The fourth-order valence-electron chi connectivity index (χ4n) is 3.36. The molecule has 6 nitrogen and oxygen atoms in total. The molecule has 0 amide bonds. The van der Waals surface area contributed by atoms with Gasteiger partial charge in [-0.15, -0.1) is 0 Å². The van der Waals surface area contributed by atoms with E-state index >= 15 is 0 Å². The van der Waals surface area contributed by atoms with Crippen molar-refractivity contribution in [3.63, 3.8) is 0 Å². The first-order valence-corrected chi connectivity index (χ1v) is 9.86. The van der Waals surface area contributed by atoms with Gasteiger partial charge in [0.05, 0.1) is 11.2 Å². The monoisotopic (exact) mass is 379 g/mol. The summed E-state index contributed by atoms with van der Waals surface area (Å²) in [7, 11) is 0. The molecule has 2 N–H and O–H groups in total. The van der Waals surface area contributed by atoms with Crippen molar-refractivity contribution in [2.45, 2.75) is 53.5 Å². The molecule has 148 valence electrons. The average Bonchev–Trinajstić information content (AvgIpc) is 3.06. The lowest BCUT2D eigenvalue weighted by Gasteiger charge is -2.11. The van der Waals surface area contributed by atoms with Gasteiger partial charge in [-0.1, -0.05) is 42.4 Å². The van der Waals surface area contributed by atoms with Crippen LogP contribution < -0.4 is 5.73 Å². The minimum absolute atomic E-state index is 0.508. The normalized spacial score (nSPS) is 11.9. The van der Waals surface area contributed by atoms with Crippen LogP contribution in [0.5, 0.6) is 0 Å². The maximum Gasteiger partial charge on any atom is 0.151 e. The molecule has 0 aliphatic heterocycles. The van der Waals surface area contributed by atoms with E-state index in [0.717, 1.165) is 65.2 Å². The van der Waals surface area contributed by atoms with Crippen LogP contribution >= 0.6 is 0 Å². The third kappa shape index (κ3) is 4.16. The summed E-state index contributed by atoms with van der Waals surface area (Å²) in [6, 6.07) is 10.0. The number of rotatable bonds is 8. The highest BCUT2D eigenvalue weighted by Gasteiger charge is 2.17. The van der Waals surface area contributed by atoms with Crippen molar-refractivity contribution in [2.24, 2.45) is 5.16 Å². The molecule has 0 atom stereocenters. The number of hydrogen-bond acceptors (Lipinski definition) is 5. The van der Waals surface area contributed by atoms with Gasteiger partial charge in [0, 0.05) is 25.1 Å². The first kappa shape index (κ1) is 19.9. The minimum Gasteiger partial charge on any atom is -0.396 e. The number of oxime groups is 1. The Kier molecular flexibility index (Phi) is 6.29. The fraction of sp³-hybridized carbons (Fsp3) is 0.409. The van der Waals surface area contributed by atoms with Crippen molar-refractivity contribution in [1.29, 1.82) is 0 Å². The number of fused-ring (bicyclic) bond motifs is 1. The number of nitrogens with two attached hydrogens (primary N) is 1. The zero-order valence-electron chi connectivity index (χ0n) is 17.2. The Labute approximate surface area is 166 Å². The number of hydrogen-bond donors (Lipinski definition) is 1. The van der Waals surface area contributed by atoms with Crippen molar-refractivity contribution in [3.05, 3.63) is 53.0 Å². The smallest absolute Gasteiger partial charge is 0.151 e. The average molecular weight is 380 g/mol. The van der Waals surface area contributed by atoms with Crippen LogP contribution in [0.3, 0.4) is 0 Å². The number of pyridine rings is 1. The van der Waals surface area contributed by atoms with E-state index in [-0.39, 0.29) is 0 Å². The SMILES string of the molecule is CCCc1nc2c(N)nc(C)c(C)c2n1CCCO/N=C(\C)c1ccccc1. The quantitative estimate of drug-likeness (QED) is 0.357. The third-order valence-electron chi connectivity index (χ3n) is 4.96. The number of nitrogens with zero attached hydrogens (tertiary/aromatic N) is 4. The lowest BCUT2D eigenvalue weighted by Crippen LogP contribution is -2.08. The van der Waals surface area contributed by atoms with Gasteiger partial charge in [0.15, 0.2) is 5.82 Å². The molecule has 0 aliphatic rings. The molecular formula is C22H29N5O. The van der Waals surface area contributed by atoms with Gasteiger partial charge < -0.3 is 15.1 Å². The molecule has 0 fully saturated rings. The highest BCUT2D eigenvalue weighted by molar-refractivity contribution is 5.98. The van der Waals surface area contributed by atoms with Gasteiger partial charge >= 0.3 is 0 Å². The number of anilines is 1. The molecule has 2 heterocycles. The number of nitrogen functional groups attached to an aromatic ring is 1. The standard InChI is InChI=1S/C22H29N5O/c1-5-10-19-25-20-21(15(2)16(3)24-22(20)23)27(19)13-9-14-28-26-17(4)18-11-7-6-8-12-18/h6-8,11-12H,5,9-10,13-14H2,1-4H3,(H2,23,24)/b26-17+. The van der Waals surface area contributed by atoms with Crippen LogP contribution in [0.4, 0.5) is 5.82 Å². The second kappa shape index (κ2) is 8.87. The molecule has 6 heteroatoms. The molecule has 3 rings (SSSR count). The minimum atomic E-state index is 0.508. The second-order valence-corrected chi connectivity index (χ2v) is 7.06. The van der Waals surface area contributed by atoms with Gasteiger partial charge in [0.2, 0.25) is 0 Å². The van der Waals surface area contributed by atoms with E-state index in [2.05, 4.69) is 28.6 Å². The summed E-state index contributed by atoms with van der Waals surface area (Å²) >= 11 is 0. The summed E-state index contributed by atoms with van der Waals surface area (Å²) in [6.45, 7) is 9.56. The summed E-state index contributed by atoms with van der Waals surface area (Å²) in [5.41, 5.74) is 12.1. The van der Waals surface area contributed by atoms with Crippen LogP contribution in [-0.2, 0) is 17.8 Å². The van der Waals surface area contributed by atoms with E-state index in [0.29, 0.717) is 12.4 Å². The van der Waals surface area contributed by atoms with Crippen LogP contribution in [0.15, 0.2) is 35.5 Å². The molecule has 0 saturated carbocycles. The first-order valence-electron chi connectivity index (χ1n) is 9.86. The summed E-state index contributed by atoms with van der Waals surface area (Å²) in [6.07, 6.45) is 2.79. The van der Waals surface area contributed by atoms with Crippen molar-refractivity contribution in [2.75, 3.05) is 12.3 Å². The van der Waals surface area contributed by atoms with Gasteiger partial charge in [-0.05, 0) is 38.3 Å². The van der Waals surface area contributed by atoms with Crippen molar-refractivity contribution in [3.8, 4) is 0 Å². The molecule has 2 aromatic heterocycles. The summed E-state index contributed by atoms with van der Waals surface area (Å²) in [4.78, 5) is 14.8. The Hall–Kier alpha value is -2.89. The van der Waals surface area contributed by atoms with Crippen molar-refractivity contribution < 1.29 is 4.84 Å². The maximum atomic E-state index is 6.14. The van der Waals surface area contributed by atoms with E-state index in [1.807, 2.05) is 44.2 Å². The van der Waals surface area contributed by atoms with Gasteiger partial charge in [0.1, 0.15) is 17.9 Å². The molecule has 0 spiro atoms. The van der Waals surface area contributed by atoms with Gasteiger partial charge in [-0.2, -0.15) is 0 Å². The fourth-order valence-corrected chi connectivity index (χ4v) is 3.36. The lowest BCUT2D eigenvalue weighted by molar-refractivity contribution is 0.138. The number of aryl methyl sites for hydroxylation is 4. The van der Waals surface area contributed by atoms with Crippen LogP contribution in [0.25, 0.3) is 11.0 Å². The van der Waals surface area contributed by atoms with E-state index in [4.69, 9.17) is 15.6 Å². The van der Waals surface area contributed by atoms with E-state index in [1.54, 1.807) is 0 Å². The van der Waals surface area contributed by atoms with Crippen molar-refractivity contribution >= 4 is 22.6 Å². The number of aromatic nitrogens is 3. The van der Waals surface area contributed by atoms with E-state index in [9.17, 15) is 0 Å². The second-order valence-electron chi connectivity index (χ2n) is 7.06. The predicted molar refractivity (Wildman–Crippen MR) is 115 cm³/mol. The largest absolute Gasteiger partial charge is 0.396 e. The molecule has 1 aromatic carbocycles. The molecule has 0 aliphatic carbocycles. The summed E-state index contributed by atoms with van der Waals surface area (Å²) in [5.74, 6) is 1.57. The number of benzene rings is 1. The Morgan fingerprint density at radius 1 is 1.18 bits per heavy atom. The molecule has 3 aromatic rings. The van der Waals surface area contributed by atoms with Gasteiger partial charge in [-0.25, -0.2) is 9.97 Å². The first-order chi connectivity index (χ1) is 13.5. The summed E-state index contributed by atoms with van der Waals surface area (Å²) in [5, 5.41) is 4.24. The van der Waals surface area contributed by atoms with Crippen LogP contribution in [0.1, 0.15) is 49.3 Å². The number of imidazole rings is 1. The Balaban J connectivity index is 1.72. The van der Waals surface area contributed by atoms with E-state index < -0.39 is 0 Å². The molecular weight excluding hydrogens is 350 g/mol. The zero-order valence-corrected chi connectivity index (χ0v) is 17.2. The molecule has 0 unspecified atom stereocenters. The third-order valence-corrected chi connectivity index (χ3v) is 4.96. The van der Waals surface area contributed by atoms with Gasteiger partial charge in [-0.3, -0.25) is 0 Å². The summed E-state index contributed by atoms with van der Waals surface area (Å²) < 4.78 is 2.27. The van der Waals surface area contributed by atoms with Crippen molar-refractivity contribution in [1.82, 2.24) is 14.5 Å². The molecule has 0 saturated heterocycles. The predicted octanol–water partition coefficient (Wildman–Crippen LogP) is 4.41. The van der Waals surface area contributed by atoms with Crippen LogP contribution in [0, 0.1) is 13.8 Å². The molecule has 0 radical (unpaired) electrons. The van der Waals surface area contributed by atoms with Crippen LogP contribution in [0.2, 0.25) is 0 Å². The zero-order chi connectivity index (χ0) is 20.1. The molecule has 28 heavy (non-hydrogen) atoms. The Morgan fingerprint density at radius 3 is 2.64 bits per heavy atom. The lowest BCUT2D eigenvalue weighted by atomic mass is 10.1. The Morgan fingerprint density at radius 2 is 1.93 bits per heavy atom. The van der Waals surface area contributed by atoms with E-state index in [1.165, 1.54) is 0 Å². The molecule has 0 bridgehead atoms. The highest BCUT2D eigenvalue weighted by Crippen LogP contribution is 2.26. The van der Waals surface area contributed by atoms with Gasteiger partial charge in [0.25, 0.3) is 0 Å². The Bertz CT molecular complexity index is 976.